The van der Waals surface area contributed by atoms with E-state index in [1.54, 1.807) is 0 Å². The quantitative estimate of drug-likeness (QED) is 0.395. The molecule has 1 aromatic heterocycles. The molecule has 6 nitrogen and oxygen atoms in total. The molecule has 5 rings (SSSR count). The highest BCUT2D eigenvalue weighted by molar-refractivity contribution is 6.05. The van der Waals surface area contributed by atoms with Crippen LogP contribution < -0.4 is 4.90 Å². The Morgan fingerprint density at radius 2 is 1.74 bits per heavy atom. The van der Waals surface area contributed by atoms with Crippen molar-refractivity contribution < 1.29 is 14.6 Å². The van der Waals surface area contributed by atoms with E-state index in [0.29, 0.717) is 11.6 Å². The van der Waals surface area contributed by atoms with E-state index in [0.717, 1.165) is 73.5 Å². The normalized spacial score (nSPS) is 17.4. The van der Waals surface area contributed by atoms with Crippen LogP contribution >= 0.6 is 0 Å². The lowest BCUT2D eigenvalue weighted by Crippen LogP contribution is -2.49. The maximum absolute atomic E-state index is 12.4. The number of aromatic carboxylic acids is 1. The number of nitrogens with one attached hydrogen (secondary N) is 1. The number of carboxylic acids is 1. The predicted molar refractivity (Wildman–Crippen MR) is 157 cm³/mol. The third kappa shape index (κ3) is 5.48. The summed E-state index contributed by atoms with van der Waals surface area (Å²) in [5, 5.41) is 10.9. The van der Waals surface area contributed by atoms with E-state index in [1.807, 2.05) is 39.0 Å². The molecule has 3 heterocycles. The highest BCUT2D eigenvalue weighted by atomic mass is 16.5. The van der Waals surface area contributed by atoms with Gasteiger partial charge in [0, 0.05) is 59.9 Å². The lowest BCUT2D eigenvalue weighted by molar-refractivity contribution is 0.0115. The Balaban J connectivity index is 0.00000164. The summed E-state index contributed by atoms with van der Waals surface area (Å²) in [5.41, 5.74) is 6.42. The SMILES string of the molecule is CC.CCc1ccc(C(C)(C)c2[nH]c3cc(C)ccc3c2C(=O)O)cc1N1CCC(N2CCOCC2)CC1. The minimum atomic E-state index is -0.885. The summed E-state index contributed by atoms with van der Waals surface area (Å²) < 4.78 is 5.55. The monoisotopic (exact) mass is 519 g/mol. The number of hydrogen-bond donors (Lipinski definition) is 2. The van der Waals surface area contributed by atoms with Gasteiger partial charge in [0.1, 0.15) is 0 Å². The minimum absolute atomic E-state index is 0.377. The van der Waals surface area contributed by atoms with Gasteiger partial charge in [0.25, 0.3) is 0 Å². The molecular formula is C32H45N3O3. The van der Waals surface area contributed by atoms with E-state index in [9.17, 15) is 9.90 Å². The number of benzene rings is 2. The summed E-state index contributed by atoms with van der Waals surface area (Å²) in [5.74, 6) is -0.885. The summed E-state index contributed by atoms with van der Waals surface area (Å²) in [7, 11) is 0. The molecule has 0 spiro atoms. The van der Waals surface area contributed by atoms with Gasteiger partial charge >= 0.3 is 5.97 Å². The molecule has 3 aromatic rings. The molecular weight excluding hydrogens is 474 g/mol. The summed E-state index contributed by atoms with van der Waals surface area (Å²) >= 11 is 0. The number of H-pyrrole nitrogens is 1. The fraction of sp³-hybridized carbons (Fsp3) is 0.531. The van der Waals surface area contributed by atoms with E-state index in [4.69, 9.17) is 4.74 Å². The zero-order valence-corrected chi connectivity index (χ0v) is 24.1. The standard InChI is InChI=1S/C30H39N3O3.C2H6/c1-5-21-7-8-22(19-26(21)33-12-10-23(11-13-33)32-14-16-36-17-15-32)30(3,4)28-27(29(34)35)24-9-6-20(2)18-25(24)31-28;1-2/h6-9,18-19,23,31H,5,10-17H2,1-4H3,(H,34,35);1-2H3. The molecule has 0 atom stereocenters. The Kier molecular flexibility index (Phi) is 8.84. The van der Waals surface area contributed by atoms with E-state index < -0.39 is 11.4 Å². The molecule has 0 aliphatic carbocycles. The Morgan fingerprint density at radius 3 is 2.37 bits per heavy atom. The molecule has 2 N–H and O–H groups in total. The molecule has 2 aliphatic rings. The van der Waals surface area contributed by atoms with Gasteiger partial charge in [-0.15, -0.1) is 0 Å². The van der Waals surface area contributed by atoms with Crippen LogP contribution in [-0.2, 0) is 16.6 Å². The largest absolute Gasteiger partial charge is 0.478 e. The van der Waals surface area contributed by atoms with Crippen LogP contribution in [0.25, 0.3) is 10.9 Å². The number of piperidine rings is 1. The molecule has 0 unspecified atom stereocenters. The minimum Gasteiger partial charge on any atom is -0.478 e. The molecule has 2 fully saturated rings. The number of carbonyl (C=O) groups is 1. The average Bonchev–Trinajstić information content (AvgIpc) is 3.34. The van der Waals surface area contributed by atoms with Gasteiger partial charge in [-0.3, -0.25) is 4.90 Å². The third-order valence-electron chi connectivity index (χ3n) is 8.35. The highest BCUT2D eigenvalue weighted by Gasteiger charge is 2.33. The molecule has 2 saturated heterocycles. The van der Waals surface area contributed by atoms with Crippen molar-refractivity contribution in [1.82, 2.24) is 9.88 Å². The second-order valence-electron chi connectivity index (χ2n) is 10.9. The van der Waals surface area contributed by atoms with Gasteiger partial charge in [-0.05, 0) is 55.0 Å². The van der Waals surface area contributed by atoms with Gasteiger partial charge in [-0.25, -0.2) is 4.79 Å². The van der Waals surface area contributed by atoms with Gasteiger partial charge in [0.05, 0.1) is 18.8 Å². The number of aromatic amines is 1. The van der Waals surface area contributed by atoms with Gasteiger partial charge < -0.3 is 19.7 Å². The van der Waals surface area contributed by atoms with Crippen LogP contribution in [0.3, 0.4) is 0 Å². The Hall–Kier alpha value is -2.83. The van der Waals surface area contributed by atoms with Crippen molar-refractivity contribution in [3.63, 3.8) is 0 Å². The van der Waals surface area contributed by atoms with Crippen LogP contribution in [0.5, 0.6) is 0 Å². The van der Waals surface area contributed by atoms with Gasteiger partial charge in [0.2, 0.25) is 0 Å². The van der Waals surface area contributed by atoms with Crippen LogP contribution in [0.15, 0.2) is 36.4 Å². The first-order chi connectivity index (χ1) is 18.3. The fourth-order valence-corrected chi connectivity index (χ4v) is 6.11. The number of anilines is 1. The van der Waals surface area contributed by atoms with Crippen molar-refractivity contribution in [2.24, 2.45) is 0 Å². The molecule has 38 heavy (non-hydrogen) atoms. The number of nitrogens with zero attached hydrogens (tertiary/aromatic N) is 2. The Morgan fingerprint density at radius 1 is 1.05 bits per heavy atom. The molecule has 0 radical (unpaired) electrons. The number of rotatable bonds is 6. The van der Waals surface area contributed by atoms with Crippen molar-refractivity contribution >= 4 is 22.6 Å². The molecule has 0 bridgehead atoms. The zero-order chi connectivity index (χ0) is 27.4. The average molecular weight is 520 g/mol. The van der Waals surface area contributed by atoms with E-state index in [1.165, 1.54) is 24.1 Å². The Bertz CT molecular complexity index is 1250. The first-order valence-corrected chi connectivity index (χ1v) is 14.4. The molecule has 0 saturated carbocycles. The smallest absolute Gasteiger partial charge is 0.338 e. The lowest BCUT2D eigenvalue weighted by atomic mass is 9.78. The third-order valence-corrected chi connectivity index (χ3v) is 8.35. The predicted octanol–water partition coefficient (Wildman–Crippen LogP) is 6.39. The van der Waals surface area contributed by atoms with Crippen LogP contribution in [0, 0.1) is 6.92 Å². The maximum atomic E-state index is 12.4. The molecule has 206 valence electrons. The number of fused-ring (bicyclic) bond motifs is 1. The number of morpholine rings is 1. The van der Waals surface area contributed by atoms with Crippen molar-refractivity contribution in [2.45, 2.75) is 72.3 Å². The highest BCUT2D eigenvalue weighted by Crippen LogP contribution is 2.39. The summed E-state index contributed by atoms with van der Waals surface area (Å²) in [6, 6.07) is 13.3. The first-order valence-electron chi connectivity index (χ1n) is 14.4. The molecule has 2 aliphatic heterocycles. The van der Waals surface area contributed by atoms with Crippen molar-refractivity contribution in [3.8, 4) is 0 Å². The van der Waals surface area contributed by atoms with Gasteiger partial charge in [-0.1, -0.05) is 58.9 Å². The zero-order valence-electron chi connectivity index (χ0n) is 24.1. The summed E-state index contributed by atoms with van der Waals surface area (Å²) in [4.78, 5) is 21.0. The molecule has 0 amide bonds. The topological polar surface area (TPSA) is 68.8 Å². The van der Waals surface area contributed by atoms with Gasteiger partial charge in [0.15, 0.2) is 0 Å². The molecule has 6 heteroatoms. The van der Waals surface area contributed by atoms with Gasteiger partial charge in [-0.2, -0.15) is 0 Å². The Labute approximate surface area is 228 Å². The number of ether oxygens (including phenoxy) is 1. The summed E-state index contributed by atoms with van der Waals surface area (Å²) in [6.45, 7) is 18.4. The van der Waals surface area contributed by atoms with E-state index in [2.05, 4.69) is 53.8 Å². The van der Waals surface area contributed by atoms with Crippen LogP contribution in [0.2, 0.25) is 0 Å². The summed E-state index contributed by atoms with van der Waals surface area (Å²) in [6.07, 6.45) is 3.31. The fourth-order valence-electron chi connectivity index (χ4n) is 6.11. The number of aryl methyl sites for hydroxylation is 2. The number of aromatic nitrogens is 1. The maximum Gasteiger partial charge on any atom is 0.338 e. The second-order valence-corrected chi connectivity index (χ2v) is 10.9. The van der Waals surface area contributed by atoms with Crippen LogP contribution in [0.1, 0.15) is 80.2 Å². The van der Waals surface area contributed by atoms with E-state index >= 15 is 0 Å². The van der Waals surface area contributed by atoms with Crippen LogP contribution in [0.4, 0.5) is 5.69 Å². The number of carboxylic acid groups (broad SMARTS) is 1. The second kappa shape index (κ2) is 11.9. The lowest BCUT2D eigenvalue weighted by Gasteiger charge is -2.41. The van der Waals surface area contributed by atoms with E-state index in [-0.39, 0.29) is 0 Å². The van der Waals surface area contributed by atoms with Crippen molar-refractivity contribution in [2.75, 3.05) is 44.3 Å². The first kappa shape index (κ1) is 28.2. The molecule has 2 aromatic carbocycles. The van der Waals surface area contributed by atoms with Crippen molar-refractivity contribution in [3.05, 3.63) is 64.3 Å². The van der Waals surface area contributed by atoms with Crippen LogP contribution in [-0.4, -0.2) is 66.4 Å². The van der Waals surface area contributed by atoms with Crippen molar-refractivity contribution in [1.29, 1.82) is 0 Å². The number of hydrogen-bond acceptors (Lipinski definition) is 4.